The molecule has 26 heavy (non-hydrogen) atoms. The average Bonchev–Trinajstić information content (AvgIpc) is 2.60. The standard InChI is InChI=1S/C21H27N3O.HI/c1-15-7-6-8-16(13-15)21(2,3)14-23-20(22)24-18-11-12-25-19-10-5-4-9-17(18)19;/h4-10,13,18H,11-12,14H2,1-3H3,(H3,22,23,24);1H. The highest BCUT2D eigenvalue weighted by atomic mass is 127. The van der Waals surface area contributed by atoms with Crippen LogP contribution in [0, 0.1) is 6.92 Å². The Morgan fingerprint density at radius 1 is 1.23 bits per heavy atom. The molecule has 1 atom stereocenters. The Labute approximate surface area is 173 Å². The number of fused-ring (bicyclic) bond motifs is 1. The molecular formula is C21H28IN3O. The second kappa shape index (κ2) is 8.75. The van der Waals surface area contributed by atoms with Crippen LogP contribution in [0.1, 0.15) is 43.0 Å². The first-order valence-electron chi connectivity index (χ1n) is 8.81. The van der Waals surface area contributed by atoms with Gasteiger partial charge in [0, 0.05) is 17.4 Å². The number of para-hydroxylation sites is 1. The summed E-state index contributed by atoms with van der Waals surface area (Å²) < 4.78 is 5.70. The number of nitrogens with zero attached hydrogens (tertiary/aromatic N) is 1. The number of halogens is 1. The number of hydrogen-bond acceptors (Lipinski definition) is 2. The second-order valence-corrected chi connectivity index (χ2v) is 7.33. The van der Waals surface area contributed by atoms with Gasteiger partial charge in [0.15, 0.2) is 5.96 Å². The topological polar surface area (TPSA) is 59.6 Å². The molecule has 0 bridgehead atoms. The molecular weight excluding hydrogens is 437 g/mol. The number of aliphatic imine (C=N–C) groups is 1. The molecule has 0 aromatic heterocycles. The zero-order valence-electron chi connectivity index (χ0n) is 15.7. The van der Waals surface area contributed by atoms with Gasteiger partial charge in [0.25, 0.3) is 0 Å². The minimum Gasteiger partial charge on any atom is -0.493 e. The predicted molar refractivity (Wildman–Crippen MR) is 119 cm³/mol. The fraction of sp³-hybridized carbons (Fsp3) is 0.381. The van der Waals surface area contributed by atoms with Crippen molar-refractivity contribution in [3.8, 4) is 5.75 Å². The number of guanidine groups is 1. The van der Waals surface area contributed by atoms with Crippen LogP contribution in [-0.2, 0) is 5.41 Å². The van der Waals surface area contributed by atoms with Gasteiger partial charge in [-0.3, -0.25) is 4.99 Å². The van der Waals surface area contributed by atoms with Crippen molar-refractivity contribution in [2.75, 3.05) is 13.2 Å². The number of ether oxygens (including phenoxy) is 1. The maximum atomic E-state index is 6.17. The zero-order valence-corrected chi connectivity index (χ0v) is 18.0. The Morgan fingerprint density at radius 3 is 2.77 bits per heavy atom. The van der Waals surface area contributed by atoms with Crippen molar-refractivity contribution in [1.82, 2.24) is 5.32 Å². The van der Waals surface area contributed by atoms with Gasteiger partial charge in [-0.25, -0.2) is 0 Å². The molecule has 1 aliphatic heterocycles. The van der Waals surface area contributed by atoms with Gasteiger partial charge >= 0.3 is 0 Å². The monoisotopic (exact) mass is 465 g/mol. The van der Waals surface area contributed by atoms with Gasteiger partial charge in [-0.05, 0) is 18.6 Å². The van der Waals surface area contributed by atoms with Crippen molar-refractivity contribution in [3.05, 3.63) is 65.2 Å². The lowest BCUT2D eigenvalue weighted by atomic mass is 9.84. The van der Waals surface area contributed by atoms with Crippen molar-refractivity contribution in [2.45, 2.75) is 38.6 Å². The first-order chi connectivity index (χ1) is 12.0. The number of nitrogens with two attached hydrogens (primary N) is 1. The maximum absolute atomic E-state index is 6.17. The Kier molecular flexibility index (Phi) is 6.92. The molecule has 0 saturated carbocycles. The van der Waals surface area contributed by atoms with E-state index in [2.05, 4.69) is 61.4 Å². The van der Waals surface area contributed by atoms with Gasteiger partial charge in [-0.1, -0.05) is 61.9 Å². The van der Waals surface area contributed by atoms with Gasteiger partial charge in [-0.15, -0.1) is 24.0 Å². The van der Waals surface area contributed by atoms with Crippen molar-refractivity contribution >= 4 is 29.9 Å². The smallest absolute Gasteiger partial charge is 0.189 e. The summed E-state index contributed by atoms with van der Waals surface area (Å²) in [5, 5.41) is 3.36. The highest BCUT2D eigenvalue weighted by Gasteiger charge is 2.23. The lowest BCUT2D eigenvalue weighted by Crippen LogP contribution is -2.38. The Hall–Kier alpha value is -1.76. The lowest BCUT2D eigenvalue weighted by Gasteiger charge is -2.28. The van der Waals surface area contributed by atoms with Crippen LogP contribution in [0.3, 0.4) is 0 Å². The van der Waals surface area contributed by atoms with Gasteiger partial charge in [0.1, 0.15) is 5.75 Å². The van der Waals surface area contributed by atoms with Gasteiger partial charge in [0.2, 0.25) is 0 Å². The number of benzene rings is 2. The average molecular weight is 465 g/mol. The van der Waals surface area contributed by atoms with E-state index < -0.39 is 0 Å². The third-order valence-corrected chi connectivity index (χ3v) is 4.72. The van der Waals surface area contributed by atoms with E-state index in [9.17, 15) is 0 Å². The van der Waals surface area contributed by atoms with Crippen LogP contribution in [0.25, 0.3) is 0 Å². The van der Waals surface area contributed by atoms with Crippen LogP contribution in [0.4, 0.5) is 0 Å². The molecule has 1 aliphatic rings. The summed E-state index contributed by atoms with van der Waals surface area (Å²) in [6, 6.07) is 16.8. The van der Waals surface area contributed by atoms with Gasteiger partial charge in [0.05, 0.1) is 19.2 Å². The molecule has 0 spiro atoms. The summed E-state index contributed by atoms with van der Waals surface area (Å²) in [7, 11) is 0. The van der Waals surface area contributed by atoms with Crippen LogP contribution in [0.5, 0.6) is 5.75 Å². The summed E-state index contributed by atoms with van der Waals surface area (Å²) >= 11 is 0. The van der Waals surface area contributed by atoms with E-state index in [1.54, 1.807) is 0 Å². The SMILES string of the molecule is Cc1cccc(C(C)(C)CN=C(N)NC2CCOc3ccccc32)c1.I. The van der Waals surface area contributed by atoms with E-state index in [1.165, 1.54) is 11.1 Å². The minimum atomic E-state index is -0.0636. The fourth-order valence-corrected chi connectivity index (χ4v) is 3.16. The van der Waals surface area contributed by atoms with E-state index in [-0.39, 0.29) is 35.4 Å². The molecule has 0 radical (unpaired) electrons. The highest BCUT2D eigenvalue weighted by molar-refractivity contribution is 14.0. The van der Waals surface area contributed by atoms with E-state index in [0.29, 0.717) is 19.1 Å². The predicted octanol–water partition coefficient (Wildman–Crippen LogP) is 4.32. The molecule has 2 aromatic rings. The van der Waals surface area contributed by atoms with Gasteiger partial charge in [-0.2, -0.15) is 0 Å². The van der Waals surface area contributed by atoms with Crippen molar-refractivity contribution in [3.63, 3.8) is 0 Å². The molecule has 0 fully saturated rings. The highest BCUT2D eigenvalue weighted by Crippen LogP contribution is 2.31. The molecule has 140 valence electrons. The molecule has 5 heteroatoms. The summed E-state index contributed by atoms with van der Waals surface area (Å²) in [5.41, 5.74) is 9.80. The summed E-state index contributed by atoms with van der Waals surface area (Å²) in [6.07, 6.45) is 0.883. The van der Waals surface area contributed by atoms with E-state index in [4.69, 9.17) is 10.5 Å². The largest absolute Gasteiger partial charge is 0.493 e. The summed E-state index contributed by atoms with van der Waals surface area (Å²) in [4.78, 5) is 4.61. The van der Waals surface area contributed by atoms with E-state index in [0.717, 1.165) is 17.7 Å². The van der Waals surface area contributed by atoms with Crippen molar-refractivity contribution < 1.29 is 4.74 Å². The Morgan fingerprint density at radius 2 is 2.00 bits per heavy atom. The van der Waals surface area contributed by atoms with Crippen molar-refractivity contribution in [2.24, 2.45) is 10.7 Å². The number of aryl methyl sites for hydroxylation is 1. The van der Waals surface area contributed by atoms with Crippen LogP contribution < -0.4 is 15.8 Å². The summed E-state index contributed by atoms with van der Waals surface area (Å²) in [6.45, 7) is 7.84. The maximum Gasteiger partial charge on any atom is 0.189 e. The number of nitrogens with one attached hydrogen (secondary N) is 1. The van der Waals surface area contributed by atoms with E-state index >= 15 is 0 Å². The quantitative estimate of drug-likeness (QED) is 0.402. The van der Waals surface area contributed by atoms with Crippen LogP contribution in [0.2, 0.25) is 0 Å². The molecule has 0 amide bonds. The van der Waals surface area contributed by atoms with Crippen LogP contribution in [-0.4, -0.2) is 19.1 Å². The first-order valence-corrected chi connectivity index (χ1v) is 8.81. The molecule has 1 heterocycles. The molecule has 3 rings (SSSR count). The van der Waals surface area contributed by atoms with E-state index in [1.807, 2.05) is 18.2 Å². The number of rotatable bonds is 4. The fourth-order valence-electron chi connectivity index (χ4n) is 3.16. The Balaban J connectivity index is 0.00000243. The Bertz CT molecular complexity index is 773. The zero-order chi connectivity index (χ0) is 17.9. The number of hydrogen-bond donors (Lipinski definition) is 2. The molecule has 0 aliphatic carbocycles. The molecule has 1 unspecified atom stereocenters. The summed E-state index contributed by atoms with van der Waals surface area (Å²) in [5.74, 6) is 1.42. The molecule has 3 N–H and O–H groups in total. The first kappa shape index (κ1) is 20.6. The van der Waals surface area contributed by atoms with Gasteiger partial charge < -0.3 is 15.8 Å². The minimum absolute atomic E-state index is 0. The van der Waals surface area contributed by atoms with Crippen LogP contribution in [0.15, 0.2) is 53.5 Å². The lowest BCUT2D eigenvalue weighted by molar-refractivity contribution is 0.262. The third kappa shape index (κ3) is 4.90. The second-order valence-electron chi connectivity index (χ2n) is 7.33. The molecule has 4 nitrogen and oxygen atoms in total. The van der Waals surface area contributed by atoms with Crippen molar-refractivity contribution in [1.29, 1.82) is 0 Å². The molecule has 0 saturated heterocycles. The molecule has 2 aromatic carbocycles. The normalized spacial score (nSPS) is 16.9. The van der Waals surface area contributed by atoms with Crippen LogP contribution >= 0.6 is 24.0 Å². The third-order valence-electron chi connectivity index (χ3n) is 4.72.